The molecule has 0 bridgehead atoms. The summed E-state index contributed by atoms with van der Waals surface area (Å²) in [7, 11) is 0. The fourth-order valence-corrected chi connectivity index (χ4v) is 2.13. The van der Waals surface area contributed by atoms with E-state index < -0.39 is 18.0 Å². The number of aliphatic hydroxyl groups is 1. The van der Waals surface area contributed by atoms with Crippen LogP contribution in [-0.4, -0.2) is 34.7 Å². The molecular formula is C13H12BrNO5. The van der Waals surface area contributed by atoms with Gasteiger partial charge in [0.25, 0.3) is 5.91 Å². The topological polar surface area (TPSA) is 99.8 Å². The van der Waals surface area contributed by atoms with Crippen molar-refractivity contribution in [2.45, 2.75) is 13.0 Å². The van der Waals surface area contributed by atoms with E-state index >= 15 is 0 Å². The standard InChI is InChI=1S/C13H12BrNO5/c1-6-8-4-7(14)2-3-10(8)20-11(6)12(17)15-5-9(16)13(18)19/h2-4,9,16H,5H2,1H3,(H,15,17)(H,18,19)/t9-/m0/s1. The Balaban J connectivity index is 2.22. The molecule has 2 aromatic rings. The number of aryl methyl sites for hydroxylation is 1. The molecule has 20 heavy (non-hydrogen) atoms. The second-order valence-corrected chi connectivity index (χ2v) is 5.18. The van der Waals surface area contributed by atoms with E-state index in [1.165, 1.54) is 0 Å². The van der Waals surface area contributed by atoms with Gasteiger partial charge < -0.3 is 19.9 Å². The van der Waals surface area contributed by atoms with Crippen LogP contribution >= 0.6 is 15.9 Å². The van der Waals surface area contributed by atoms with Gasteiger partial charge in [-0.2, -0.15) is 0 Å². The Hall–Kier alpha value is -1.86. The number of nitrogens with one attached hydrogen (secondary N) is 1. The number of halogens is 1. The van der Waals surface area contributed by atoms with Gasteiger partial charge in [-0.05, 0) is 25.1 Å². The van der Waals surface area contributed by atoms with Gasteiger partial charge in [-0.3, -0.25) is 4.79 Å². The summed E-state index contributed by atoms with van der Waals surface area (Å²) in [4.78, 5) is 22.4. The summed E-state index contributed by atoms with van der Waals surface area (Å²) in [6.45, 7) is 1.36. The molecule has 1 aromatic heterocycles. The highest BCUT2D eigenvalue weighted by atomic mass is 79.9. The Bertz CT molecular complexity index is 679. The number of hydrogen-bond acceptors (Lipinski definition) is 4. The highest BCUT2D eigenvalue weighted by Gasteiger charge is 2.20. The SMILES string of the molecule is Cc1c(C(=O)NC[C@H](O)C(=O)O)oc2ccc(Br)cc12. The van der Waals surface area contributed by atoms with E-state index in [1.807, 2.05) is 6.07 Å². The van der Waals surface area contributed by atoms with Crippen molar-refractivity contribution in [3.05, 3.63) is 34.0 Å². The van der Waals surface area contributed by atoms with Crippen LogP contribution in [-0.2, 0) is 4.79 Å². The number of fused-ring (bicyclic) bond motifs is 1. The number of aliphatic carboxylic acids is 1. The van der Waals surface area contributed by atoms with Crippen LogP contribution < -0.4 is 5.32 Å². The molecule has 0 aliphatic rings. The van der Waals surface area contributed by atoms with Gasteiger partial charge in [-0.1, -0.05) is 15.9 Å². The van der Waals surface area contributed by atoms with Crippen molar-refractivity contribution >= 4 is 38.8 Å². The van der Waals surface area contributed by atoms with E-state index in [1.54, 1.807) is 19.1 Å². The Morgan fingerprint density at radius 3 is 2.80 bits per heavy atom. The molecule has 1 atom stereocenters. The summed E-state index contributed by atoms with van der Waals surface area (Å²) in [5, 5.41) is 20.8. The minimum Gasteiger partial charge on any atom is -0.479 e. The Morgan fingerprint density at radius 1 is 1.45 bits per heavy atom. The molecule has 1 aromatic carbocycles. The van der Waals surface area contributed by atoms with Crippen LogP contribution in [0.1, 0.15) is 16.1 Å². The lowest BCUT2D eigenvalue weighted by molar-refractivity contribution is -0.146. The minimum atomic E-state index is -1.64. The third-order valence-corrected chi connectivity index (χ3v) is 3.34. The third kappa shape index (κ3) is 2.83. The lowest BCUT2D eigenvalue weighted by atomic mass is 10.1. The van der Waals surface area contributed by atoms with Gasteiger partial charge in [-0.25, -0.2) is 4.79 Å². The fourth-order valence-electron chi connectivity index (χ4n) is 1.77. The number of aliphatic hydroxyl groups excluding tert-OH is 1. The quantitative estimate of drug-likeness (QED) is 0.785. The highest BCUT2D eigenvalue weighted by molar-refractivity contribution is 9.10. The van der Waals surface area contributed by atoms with Crippen LogP contribution in [0.15, 0.2) is 27.1 Å². The van der Waals surface area contributed by atoms with Crippen LogP contribution in [0.4, 0.5) is 0 Å². The normalized spacial score (nSPS) is 12.3. The molecular weight excluding hydrogens is 330 g/mol. The maximum atomic E-state index is 11.9. The number of carbonyl (C=O) groups excluding carboxylic acids is 1. The molecule has 106 valence electrons. The first kappa shape index (κ1) is 14.5. The maximum Gasteiger partial charge on any atom is 0.334 e. The number of benzene rings is 1. The van der Waals surface area contributed by atoms with Gasteiger partial charge in [0.1, 0.15) is 5.58 Å². The molecule has 0 fully saturated rings. The number of amides is 1. The summed E-state index contributed by atoms with van der Waals surface area (Å²) in [6, 6.07) is 5.35. The molecule has 1 amide bonds. The van der Waals surface area contributed by atoms with Gasteiger partial charge in [0.15, 0.2) is 11.9 Å². The van der Waals surface area contributed by atoms with E-state index in [9.17, 15) is 9.59 Å². The zero-order valence-electron chi connectivity index (χ0n) is 10.5. The molecule has 1 heterocycles. The van der Waals surface area contributed by atoms with Crippen molar-refractivity contribution in [1.29, 1.82) is 0 Å². The van der Waals surface area contributed by atoms with Gasteiger partial charge in [0.05, 0.1) is 6.54 Å². The van der Waals surface area contributed by atoms with Crippen LogP contribution in [0.5, 0.6) is 0 Å². The second-order valence-electron chi connectivity index (χ2n) is 4.26. The lowest BCUT2D eigenvalue weighted by Gasteiger charge is -2.06. The molecule has 0 aliphatic heterocycles. The Labute approximate surface area is 122 Å². The highest BCUT2D eigenvalue weighted by Crippen LogP contribution is 2.27. The predicted octanol–water partition coefficient (Wildman–Crippen LogP) is 1.68. The number of rotatable bonds is 4. The Morgan fingerprint density at radius 2 is 2.15 bits per heavy atom. The molecule has 7 heteroatoms. The van der Waals surface area contributed by atoms with Gasteiger partial charge in [0, 0.05) is 15.4 Å². The fraction of sp³-hybridized carbons (Fsp3) is 0.231. The van der Waals surface area contributed by atoms with E-state index in [-0.39, 0.29) is 12.3 Å². The molecule has 0 aliphatic carbocycles. The summed E-state index contributed by atoms with van der Waals surface area (Å²) >= 11 is 3.34. The minimum absolute atomic E-state index is 0.107. The van der Waals surface area contributed by atoms with Gasteiger partial charge >= 0.3 is 5.97 Å². The maximum absolute atomic E-state index is 11.9. The number of carboxylic acid groups (broad SMARTS) is 1. The average Bonchev–Trinajstić information content (AvgIpc) is 2.73. The second kappa shape index (κ2) is 5.64. The van der Waals surface area contributed by atoms with Crippen molar-refractivity contribution in [2.75, 3.05) is 6.54 Å². The first-order valence-corrected chi connectivity index (χ1v) is 6.57. The van der Waals surface area contributed by atoms with Crippen LogP contribution in [0.25, 0.3) is 11.0 Å². The summed E-state index contributed by atoms with van der Waals surface area (Å²) < 4.78 is 6.31. The smallest absolute Gasteiger partial charge is 0.334 e. The molecule has 3 N–H and O–H groups in total. The molecule has 0 saturated heterocycles. The number of carbonyl (C=O) groups is 2. The average molecular weight is 342 g/mol. The summed E-state index contributed by atoms with van der Waals surface area (Å²) in [5.74, 6) is -1.85. The van der Waals surface area contributed by atoms with Crippen molar-refractivity contribution in [3.63, 3.8) is 0 Å². The van der Waals surface area contributed by atoms with E-state index in [2.05, 4.69) is 21.2 Å². The largest absolute Gasteiger partial charge is 0.479 e. The molecule has 0 saturated carbocycles. The third-order valence-electron chi connectivity index (χ3n) is 2.85. The van der Waals surface area contributed by atoms with Gasteiger partial charge in [-0.15, -0.1) is 0 Å². The number of carboxylic acids is 1. The van der Waals surface area contributed by atoms with Crippen molar-refractivity contribution < 1.29 is 24.2 Å². The summed E-state index contributed by atoms with van der Waals surface area (Å²) in [5.41, 5.74) is 1.22. The van der Waals surface area contributed by atoms with Crippen molar-refractivity contribution in [2.24, 2.45) is 0 Å². The first-order chi connectivity index (χ1) is 9.40. The lowest BCUT2D eigenvalue weighted by Crippen LogP contribution is -2.36. The van der Waals surface area contributed by atoms with E-state index in [0.717, 1.165) is 9.86 Å². The number of furan rings is 1. The molecule has 6 nitrogen and oxygen atoms in total. The first-order valence-electron chi connectivity index (χ1n) is 5.78. The molecule has 0 unspecified atom stereocenters. The zero-order valence-corrected chi connectivity index (χ0v) is 12.1. The monoisotopic (exact) mass is 341 g/mol. The number of hydrogen-bond donors (Lipinski definition) is 3. The van der Waals surface area contributed by atoms with Crippen molar-refractivity contribution in [1.82, 2.24) is 5.32 Å². The van der Waals surface area contributed by atoms with Crippen LogP contribution in [0, 0.1) is 6.92 Å². The molecule has 0 spiro atoms. The Kier molecular flexibility index (Phi) is 4.10. The molecule has 0 radical (unpaired) electrons. The van der Waals surface area contributed by atoms with E-state index in [4.69, 9.17) is 14.6 Å². The van der Waals surface area contributed by atoms with Gasteiger partial charge in [0.2, 0.25) is 0 Å². The predicted molar refractivity (Wildman–Crippen MR) is 74.6 cm³/mol. The van der Waals surface area contributed by atoms with Crippen molar-refractivity contribution in [3.8, 4) is 0 Å². The zero-order chi connectivity index (χ0) is 14.9. The summed E-state index contributed by atoms with van der Waals surface area (Å²) in [6.07, 6.45) is -1.64. The van der Waals surface area contributed by atoms with Crippen LogP contribution in [0.2, 0.25) is 0 Å². The molecule has 2 rings (SSSR count). The van der Waals surface area contributed by atoms with Crippen LogP contribution in [0.3, 0.4) is 0 Å². The van der Waals surface area contributed by atoms with E-state index in [0.29, 0.717) is 11.1 Å².